The van der Waals surface area contributed by atoms with Crippen molar-refractivity contribution in [1.29, 1.82) is 0 Å². The number of hydrogen-bond donors (Lipinski definition) is 1. The van der Waals surface area contributed by atoms with Gasteiger partial charge in [0.2, 0.25) is 11.8 Å². The number of amides is 2. The van der Waals surface area contributed by atoms with Crippen LogP contribution in [0.1, 0.15) is 24.8 Å². The Bertz CT molecular complexity index is 467. The second-order valence-corrected chi connectivity index (χ2v) is 4.55. The van der Waals surface area contributed by atoms with Crippen LogP contribution in [0.2, 0.25) is 0 Å². The van der Waals surface area contributed by atoms with Crippen molar-refractivity contribution in [3.63, 3.8) is 0 Å². The molecule has 1 saturated heterocycles. The number of hydrogen-bond acceptors (Lipinski definition) is 3. The summed E-state index contributed by atoms with van der Waals surface area (Å²) in [6.07, 6.45) is 1.37. The van der Waals surface area contributed by atoms with Gasteiger partial charge in [0, 0.05) is 25.2 Å². The predicted molar refractivity (Wildman–Crippen MR) is 65.6 cm³/mol. The van der Waals surface area contributed by atoms with Crippen molar-refractivity contribution in [2.75, 3.05) is 0 Å². The molecular weight excluding hydrogens is 230 g/mol. The Labute approximate surface area is 105 Å². The fourth-order valence-electron chi connectivity index (χ4n) is 2.10. The lowest BCUT2D eigenvalue weighted by Gasteiger charge is -2.19. The van der Waals surface area contributed by atoms with E-state index in [0.717, 1.165) is 5.56 Å². The minimum Gasteiger partial charge on any atom is -0.299 e. The molecule has 1 aromatic rings. The molecule has 18 heavy (non-hydrogen) atoms. The summed E-state index contributed by atoms with van der Waals surface area (Å²) in [7, 11) is 0. The summed E-state index contributed by atoms with van der Waals surface area (Å²) in [6.45, 7) is 0. The maximum Gasteiger partial charge on any atom is 0.230 e. The molecule has 2 amide bonds. The van der Waals surface area contributed by atoms with Gasteiger partial charge in [-0.1, -0.05) is 30.3 Å². The summed E-state index contributed by atoms with van der Waals surface area (Å²) < 4.78 is 0. The van der Waals surface area contributed by atoms with Gasteiger partial charge >= 0.3 is 0 Å². The van der Waals surface area contributed by atoms with Crippen LogP contribution in [0, 0.1) is 5.92 Å². The van der Waals surface area contributed by atoms with Crippen LogP contribution in [0.3, 0.4) is 0 Å². The molecule has 1 heterocycles. The largest absolute Gasteiger partial charge is 0.299 e. The molecule has 4 heteroatoms. The van der Waals surface area contributed by atoms with Gasteiger partial charge in [-0.15, -0.1) is 0 Å². The summed E-state index contributed by atoms with van der Waals surface area (Å²) in [5.41, 5.74) is 0.954. The Balaban J connectivity index is 1.88. The van der Waals surface area contributed by atoms with Gasteiger partial charge in [0.15, 0.2) is 0 Å². The SMILES string of the molecule is O=C(Cc1ccccc1)C[C@@H]1CCC(=O)NC1=O. The van der Waals surface area contributed by atoms with E-state index in [1.807, 2.05) is 30.3 Å². The van der Waals surface area contributed by atoms with Crippen LogP contribution >= 0.6 is 0 Å². The van der Waals surface area contributed by atoms with E-state index in [-0.39, 0.29) is 29.9 Å². The van der Waals surface area contributed by atoms with Crippen molar-refractivity contribution in [3.05, 3.63) is 35.9 Å². The Hall–Kier alpha value is -1.97. The maximum absolute atomic E-state index is 11.8. The van der Waals surface area contributed by atoms with E-state index in [1.54, 1.807) is 0 Å². The van der Waals surface area contributed by atoms with Gasteiger partial charge in [-0.3, -0.25) is 19.7 Å². The molecule has 0 aliphatic carbocycles. The van der Waals surface area contributed by atoms with Crippen LogP contribution in [-0.4, -0.2) is 17.6 Å². The fraction of sp³-hybridized carbons (Fsp3) is 0.357. The van der Waals surface area contributed by atoms with E-state index in [0.29, 0.717) is 19.3 Å². The molecule has 1 atom stereocenters. The maximum atomic E-state index is 11.8. The van der Waals surface area contributed by atoms with Crippen molar-refractivity contribution >= 4 is 17.6 Å². The molecular formula is C14H15NO3. The first-order chi connectivity index (χ1) is 8.65. The Kier molecular flexibility index (Phi) is 3.87. The third kappa shape index (κ3) is 3.26. The number of Topliss-reactive ketones (excluding diaryl/α,β-unsaturated/α-hetero) is 1. The number of rotatable bonds is 4. The van der Waals surface area contributed by atoms with Crippen LogP contribution in [0.4, 0.5) is 0 Å². The van der Waals surface area contributed by atoms with Gasteiger partial charge in [-0.2, -0.15) is 0 Å². The Morgan fingerprint density at radius 1 is 1.22 bits per heavy atom. The summed E-state index contributed by atoms with van der Waals surface area (Å²) >= 11 is 0. The molecule has 1 N–H and O–H groups in total. The highest BCUT2D eigenvalue weighted by atomic mass is 16.2. The van der Waals surface area contributed by atoms with E-state index in [9.17, 15) is 14.4 Å². The quantitative estimate of drug-likeness (QED) is 0.812. The highest BCUT2D eigenvalue weighted by Gasteiger charge is 2.28. The van der Waals surface area contributed by atoms with Gasteiger partial charge in [-0.05, 0) is 12.0 Å². The summed E-state index contributed by atoms with van der Waals surface area (Å²) in [4.78, 5) is 34.3. The normalized spacial score (nSPS) is 19.4. The Morgan fingerprint density at radius 2 is 1.94 bits per heavy atom. The van der Waals surface area contributed by atoms with Crippen molar-refractivity contribution in [1.82, 2.24) is 5.32 Å². The fourth-order valence-corrected chi connectivity index (χ4v) is 2.10. The second kappa shape index (κ2) is 5.58. The molecule has 0 spiro atoms. The molecule has 1 aromatic carbocycles. The van der Waals surface area contributed by atoms with Crippen molar-refractivity contribution < 1.29 is 14.4 Å². The van der Waals surface area contributed by atoms with E-state index >= 15 is 0 Å². The topological polar surface area (TPSA) is 63.2 Å². The summed E-state index contributed by atoms with van der Waals surface area (Å²) in [5, 5.41) is 2.27. The molecule has 4 nitrogen and oxygen atoms in total. The number of carbonyl (C=O) groups excluding carboxylic acids is 3. The number of piperidine rings is 1. The first kappa shape index (κ1) is 12.5. The minimum absolute atomic E-state index is 0.0377. The first-order valence-electron chi connectivity index (χ1n) is 6.04. The van der Waals surface area contributed by atoms with Gasteiger partial charge < -0.3 is 0 Å². The summed E-state index contributed by atoms with van der Waals surface area (Å²) in [6, 6.07) is 9.45. The molecule has 1 aliphatic rings. The zero-order valence-corrected chi connectivity index (χ0v) is 10.0. The zero-order chi connectivity index (χ0) is 13.0. The highest BCUT2D eigenvalue weighted by Crippen LogP contribution is 2.17. The molecule has 1 fully saturated rings. The third-order valence-electron chi connectivity index (χ3n) is 3.07. The Morgan fingerprint density at radius 3 is 2.61 bits per heavy atom. The molecule has 1 aliphatic heterocycles. The first-order valence-corrected chi connectivity index (χ1v) is 6.04. The molecule has 2 rings (SSSR count). The van der Waals surface area contributed by atoms with Crippen LogP contribution in [0.15, 0.2) is 30.3 Å². The molecule has 0 saturated carbocycles. The van der Waals surface area contributed by atoms with Crippen LogP contribution in [0.5, 0.6) is 0 Å². The molecule has 94 valence electrons. The van der Waals surface area contributed by atoms with Gasteiger partial charge in [-0.25, -0.2) is 0 Å². The van der Waals surface area contributed by atoms with E-state index in [1.165, 1.54) is 0 Å². The molecule has 0 unspecified atom stereocenters. The third-order valence-corrected chi connectivity index (χ3v) is 3.07. The number of carbonyl (C=O) groups is 3. The average molecular weight is 245 g/mol. The second-order valence-electron chi connectivity index (χ2n) is 4.55. The lowest BCUT2D eigenvalue weighted by Crippen LogP contribution is -2.41. The standard InChI is InChI=1S/C14H15NO3/c16-12(8-10-4-2-1-3-5-10)9-11-6-7-13(17)15-14(11)18/h1-5,11H,6-9H2,(H,15,17,18)/t11-/m0/s1. The van der Waals surface area contributed by atoms with Crippen molar-refractivity contribution in [2.45, 2.75) is 25.7 Å². The summed E-state index contributed by atoms with van der Waals surface area (Å²) in [5.74, 6) is -0.867. The van der Waals surface area contributed by atoms with E-state index in [2.05, 4.69) is 5.32 Å². The van der Waals surface area contributed by atoms with Crippen molar-refractivity contribution in [3.8, 4) is 0 Å². The average Bonchev–Trinajstić information content (AvgIpc) is 2.34. The number of benzene rings is 1. The van der Waals surface area contributed by atoms with E-state index < -0.39 is 0 Å². The number of ketones is 1. The van der Waals surface area contributed by atoms with Crippen molar-refractivity contribution in [2.24, 2.45) is 5.92 Å². The molecule has 0 bridgehead atoms. The van der Waals surface area contributed by atoms with Gasteiger partial charge in [0.05, 0.1) is 0 Å². The lowest BCUT2D eigenvalue weighted by atomic mass is 9.91. The highest BCUT2D eigenvalue weighted by molar-refractivity contribution is 6.00. The van der Waals surface area contributed by atoms with Crippen LogP contribution in [0.25, 0.3) is 0 Å². The molecule has 0 radical (unpaired) electrons. The minimum atomic E-state index is -0.348. The van der Waals surface area contributed by atoms with E-state index in [4.69, 9.17) is 0 Å². The van der Waals surface area contributed by atoms with Gasteiger partial charge in [0.1, 0.15) is 5.78 Å². The smallest absolute Gasteiger partial charge is 0.230 e. The monoisotopic (exact) mass is 245 g/mol. The van der Waals surface area contributed by atoms with Crippen LogP contribution < -0.4 is 5.32 Å². The van der Waals surface area contributed by atoms with Crippen LogP contribution in [-0.2, 0) is 20.8 Å². The zero-order valence-electron chi connectivity index (χ0n) is 10.0. The number of imide groups is 1. The van der Waals surface area contributed by atoms with Gasteiger partial charge in [0.25, 0.3) is 0 Å². The predicted octanol–water partition coefficient (Wildman–Crippen LogP) is 1.24. The molecule has 0 aromatic heterocycles. The lowest BCUT2D eigenvalue weighted by molar-refractivity contribution is -0.138. The number of nitrogens with one attached hydrogen (secondary N) is 1.